The fraction of sp³-hybridized carbons (Fsp3) is 0.278. The van der Waals surface area contributed by atoms with Crippen LogP contribution in [0.1, 0.15) is 25.1 Å². The second-order valence-corrected chi connectivity index (χ2v) is 6.42. The molecule has 0 spiro atoms. The number of esters is 1. The highest BCUT2D eigenvalue weighted by molar-refractivity contribution is 7.14. The van der Waals surface area contributed by atoms with E-state index in [0.717, 1.165) is 16.5 Å². The summed E-state index contributed by atoms with van der Waals surface area (Å²) in [4.78, 5) is 32.7. The first-order chi connectivity index (χ1) is 12.1. The van der Waals surface area contributed by atoms with Gasteiger partial charge in [0.15, 0.2) is 5.13 Å². The molecule has 0 saturated heterocycles. The molecule has 0 fully saturated rings. The summed E-state index contributed by atoms with van der Waals surface area (Å²) in [5, 5.41) is 3.45. The van der Waals surface area contributed by atoms with Gasteiger partial charge in [-0.15, -0.1) is 11.3 Å². The van der Waals surface area contributed by atoms with Gasteiger partial charge in [-0.05, 0) is 18.6 Å². The molecule has 6 nitrogen and oxygen atoms in total. The van der Waals surface area contributed by atoms with Gasteiger partial charge in [-0.2, -0.15) is 0 Å². The number of hydrogen-bond donors (Lipinski definition) is 1. The molecule has 1 aromatic carbocycles. The van der Waals surface area contributed by atoms with Gasteiger partial charge in [0.1, 0.15) is 6.61 Å². The molecule has 1 N–H and O–H groups in total. The van der Waals surface area contributed by atoms with Crippen LogP contribution < -0.4 is 4.90 Å². The van der Waals surface area contributed by atoms with Crippen LogP contribution in [0, 0.1) is 0 Å². The quantitative estimate of drug-likeness (QED) is 0.687. The second kappa shape index (κ2) is 7.48. The second-order valence-electron chi connectivity index (χ2n) is 5.58. The van der Waals surface area contributed by atoms with Crippen LogP contribution in [0.5, 0.6) is 0 Å². The van der Waals surface area contributed by atoms with E-state index in [-0.39, 0.29) is 24.9 Å². The van der Waals surface area contributed by atoms with Crippen molar-refractivity contribution in [2.45, 2.75) is 26.9 Å². The van der Waals surface area contributed by atoms with Crippen molar-refractivity contribution in [3.8, 4) is 0 Å². The van der Waals surface area contributed by atoms with Crippen molar-refractivity contribution in [1.82, 2.24) is 9.97 Å². The number of amides is 1. The van der Waals surface area contributed by atoms with Crippen LogP contribution >= 0.6 is 11.3 Å². The first-order valence-electron chi connectivity index (χ1n) is 8.01. The summed E-state index contributed by atoms with van der Waals surface area (Å²) in [6.45, 7) is 4.06. The number of thiazole rings is 1. The minimum atomic E-state index is -0.307. The van der Waals surface area contributed by atoms with Crippen LogP contribution in [0.4, 0.5) is 5.13 Å². The Labute approximate surface area is 149 Å². The number of anilines is 1. The maximum Gasteiger partial charge on any atom is 0.310 e. The SMILES string of the molecule is CCN(C(C)=O)c1nc(COC(=O)Cc2c[nH]c3ccccc23)cs1. The average Bonchev–Trinajstić information content (AvgIpc) is 3.21. The zero-order valence-electron chi connectivity index (χ0n) is 14.1. The standard InChI is InChI=1S/C18H19N3O3S/c1-3-21(12(2)22)18-20-14(11-25-18)10-24-17(23)8-13-9-19-16-7-5-4-6-15(13)16/h4-7,9,11,19H,3,8,10H2,1-2H3. The number of aromatic nitrogens is 2. The molecular formula is C18H19N3O3S. The summed E-state index contributed by atoms with van der Waals surface area (Å²) in [5.74, 6) is -0.363. The lowest BCUT2D eigenvalue weighted by atomic mass is 10.1. The van der Waals surface area contributed by atoms with Gasteiger partial charge in [0.2, 0.25) is 5.91 Å². The molecule has 1 amide bonds. The highest BCUT2D eigenvalue weighted by Gasteiger charge is 2.15. The van der Waals surface area contributed by atoms with Gasteiger partial charge >= 0.3 is 5.97 Å². The van der Waals surface area contributed by atoms with Gasteiger partial charge in [0, 0.05) is 35.9 Å². The maximum absolute atomic E-state index is 12.1. The predicted octanol–water partition coefficient (Wildman–Crippen LogP) is 3.28. The minimum absolute atomic E-state index is 0.0558. The van der Waals surface area contributed by atoms with E-state index in [1.165, 1.54) is 18.3 Å². The van der Waals surface area contributed by atoms with Crippen LogP contribution in [0.3, 0.4) is 0 Å². The fourth-order valence-electron chi connectivity index (χ4n) is 2.62. The molecule has 0 bridgehead atoms. The molecule has 0 saturated carbocycles. The number of carbonyl (C=O) groups is 2. The third-order valence-electron chi connectivity index (χ3n) is 3.86. The number of benzene rings is 1. The first kappa shape index (κ1) is 17.2. The number of rotatable bonds is 6. The minimum Gasteiger partial charge on any atom is -0.459 e. The van der Waals surface area contributed by atoms with E-state index in [9.17, 15) is 9.59 Å². The van der Waals surface area contributed by atoms with Gasteiger partial charge in [-0.25, -0.2) is 4.98 Å². The fourth-order valence-corrected chi connectivity index (χ4v) is 3.54. The highest BCUT2D eigenvalue weighted by Crippen LogP contribution is 2.22. The maximum atomic E-state index is 12.1. The number of nitrogens with one attached hydrogen (secondary N) is 1. The monoisotopic (exact) mass is 357 g/mol. The molecule has 0 atom stereocenters. The number of para-hydroxylation sites is 1. The molecule has 2 aromatic heterocycles. The zero-order valence-corrected chi connectivity index (χ0v) is 14.9. The van der Waals surface area contributed by atoms with Crippen molar-refractivity contribution in [2.75, 3.05) is 11.4 Å². The van der Waals surface area contributed by atoms with Crippen molar-refractivity contribution in [3.63, 3.8) is 0 Å². The van der Waals surface area contributed by atoms with Gasteiger partial charge in [0.25, 0.3) is 0 Å². The Morgan fingerprint density at radius 1 is 1.32 bits per heavy atom. The average molecular weight is 357 g/mol. The number of H-pyrrole nitrogens is 1. The molecule has 25 heavy (non-hydrogen) atoms. The molecule has 0 aliphatic heterocycles. The van der Waals surface area contributed by atoms with E-state index < -0.39 is 0 Å². The van der Waals surface area contributed by atoms with Crippen LogP contribution in [0.15, 0.2) is 35.8 Å². The van der Waals surface area contributed by atoms with E-state index in [1.807, 2.05) is 37.4 Å². The summed E-state index contributed by atoms with van der Waals surface area (Å²) < 4.78 is 5.33. The number of nitrogens with zero attached hydrogens (tertiary/aromatic N) is 2. The summed E-state index contributed by atoms with van der Waals surface area (Å²) in [5.41, 5.74) is 2.55. The Hall–Kier alpha value is -2.67. The van der Waals surface area contributed by atoms with Crippen LogP contribution in [0.25, 0.3) is 10.9 Å². The van der Waals surface area contributed by atoms with E-state index >= 15 is 0 Å². The number of hydrogen-bond acceptors (Lipinski definition) is 5. The summed E-state index contributed by atoms with van der Waals surface area (Å²) >= 11 is 1.37. The lowest BCUT2D eigenvalue weighted by molar-refractivity contribution is -0.144. The Balaban J connectivity index is 1.59. The van der Waals surface area contributed by atoms with Gasteiger partial charge in [-0.1, -0.05) is 18.2 Å². The summed E-state index contributed by atoms with van der Waals surface area (Å²) in [6.07, 6.45) is 2.04. The van der Waals surface area contributed by atoms with Gasteiger partial charge in [-0.3, -0.25) is 14.5 Å². The lowest BCUT2D eigenvalue weighted by Crippen LogP contribution is -2.27. The molecule has 2 heterocycles. The summed E-state index contributed by atoms with van der Waals surface area (Å²) in [7, 11) is 0. The number of aromatic amines is 1. The van der Waals surface area contributed by atoms with E-state index in [4.69, 9.17) is 4.74 Å². The number of fused-ring (bicyclic) bond motifs is 1. The largest absolute Gasteiger partial charge is 0.459 e. The molecule has 3 aromatic rings. The molecular weight excluding hydrogens is 338 g/mol. The van der Waals surface area contributed by atoms with Crippen LogP contribution in [-0.2, 0) is 27.4 Å². The lowest BCUT2D eigenvalue weighted by Gasteiger charge is -2.14. The van der Waals surface area contributed by atoms with Crippen molar-refractivity contribution < 1.29 is 14.3 Å². The molecule has 7 heteroatoms. The first-order valence-corrected chi connectivity index (χ1v) is 8.89. The predicted molar refractivity (Wildman–Crippen MR) is 97.6 cm³/mol. The van der Waals surface area contributed by atoms with Crippen LogP contribution in [-0.4, -0.2) is 28.4 Å². The van der Waals surface area contributed by atoms with Gasteiger partial charge in [0.05, 0.1) is 12.1 Å². The number of carbonyl (C=O) groups excluding carboxylic acids is 2. The normalized spacial score (nSPS) is 10.8. The van der Waals surface area contributed by atoms with E-state index in [0.29, 0.717) is 17.4 Å². The Morgan fingerprint density at radius 2 is 2.12 bits per heavy atom. The number of ether oxygens (including phenoxy) is 1. The molecule has 130 valence electrons. The molecule has 0 unspecified atom stereocenters. The molecule has 3 rings (SSSR count). The summed E-state index contributed by atoms with van der Waals surface area (Å²) in [6, 6.07) is 7.83. The highest BCUT2D eigenvalue weighted by atomic mass is 32.1. The van der Waals surface area contributed by atoms with Crippen molar-refractivity contribution >= 4 is 39.2 Å². The third-order valence-corrected chi connectivity index (χ3v) is 4.77. The zero-order chi connectivity index (χ0) is 17.8. The van der Waals surface area contributed by atoms with E-state index in [1.54, 1.807) is 10.3 Å². The third kappa shape index (κ3) is 3.88. The topological polar surface area (TPSA) is 75.3 Å². The van der Waals surface area contributed by atoms with Crippen LogP contribution in [0.2, 0.25) is 0 Å². The Morgan fingerprint density at radius 3 is 2.88 bits per heavy atom. The smallest absolute Gasteiger partial charge is 0.310 e. The Kier molecular flexibility index (Phi) is 5.14. The van der Waals surface area contributed by atoms with Gasteiger partial charge < -0.3 is 9.72 Å². The van der Waals surface area contributed by atoms with E-state index in [2.05, 4.69) is 9.97 Å². The molecule has 0 aliphatic carbocycles. The Bertz CT molecular complexity index is 900. The molecule has 0 aliphatic rings. The van der Waals surface area contributed by atoms with Crippen molar-refractivity contribution in [2.24, 2.45) is 0 Å². The van der Waals surface area contributed by atoms with Crippen molar-refractivity contribution in [3.05, 3.63) is 47.1 Å². The van der Waals surface area contributed by atoms with Crippen molar-refractivity contribution in [1.29, 1.82) is 0 Å². The molecule has 0 radical (unpaired) electrons.